The average molecular weight is 675 g/mol. The van der Waals surface area contributed by atoms with Crippen molar-refractivity contribution >= 4 is 39.1 Å². The van der Waals surface area contributed by atoms with Crippen LogP contribution in [0.1, 0.15) is 11.6 Å². The number of sulfone groups is 1. The highest BCUT2D eigenvalue weighted by Crippen LogP contribution is 2.41. The van der Waals surface area contributed by atoms with Crippen molar-refractivity contribution in [1.29, 1.82) is 5.41 Å². The number of aliphatic imine (C=N–C) groups is 1. The Bertz CT molecular complexity index is 1870. The number of aromatic nitrogens is 2. The normalized spacial score (nSPS) is 13.3. The van der Waals surface area contributed by atoms with Crippen molar-refractivity contribution in [2.24, 2.45) is 4.99 Å². The number of alkyl halides is 7. The van der Waals surface area contributed by atoms with Crippen LogP contribution in [-0.2, 0) is 16.4 Å². The molecule has 0 radical (unpaired) electrons. The zero-order valence-corrected chi connectivity index (χ0v) is 24.6. The lowest BCUT2D eigenvalue weighted by Gasteiger charge is -2.13. The maximum absolute atomic E-state index is 13.0. The quantitative estimate of drug-likeness (QED) is 0.110. The molecule has 0 aliphatic carbocycles. The lowest BCUT2D eigenvalue weighted by Crippen LogP contribution is -2.31. The number of oxazole rings is 1. The summed E-state index contributed by atoms with van der Waals surface area (Å²) in [5.74, 6) is -0.384. The number of pyridine rings is 1. The third-order valence-corrected chi connectivity index (χ3v) is 7.56. The predicted octanol–water partition coefficient (Wildman–Crippen LogP) is 7.07. The van der Waals surface area contributed by atoms with Crippen LogP contribution in [0.25, 0.3) is 33.7 Å². The summed E-state index contributed by atoms with van der Waals surface area (Å²) < 4.78 is 111. The van der Waals surface area contributed by atoms with Crippen molar-refractivity contribution in [1.82, 2.24) is 9.97 Å². The minimum Gasteiger partial charge on any atom is -0.440 e. The summed E-state index contributed by atoms with van der Waals surface area (Å²) in [6, 6.07) is 10.2. The molecule has 2 N–H and O–H groups in total. The average Bonchev–Trinajstić information content (AvgIpc) is 3.35. The highest BCUT2D eigenvalue weighted by molar-refractivity contribution is 7.90. The number of rotatable bonds is 9. The van der Waals surface area contributed by atoms with Crippen LogP contribution in [0.4, 0.5) is 32.0 Å². The molecule has 0 spiro atoms. The van der Waals surface area contributed by atoms with Crippen LogP contribution in [-0.4, -0.2) is 59.6 Å². The maximum Gasteiger partial charge on any atom is 0.573 e. The Labute approximate surface area is 256 Å². The first-order valence-corrected chi connectivity index (χ1v) is 14.8. The molecule has 17 heteroatoms. The second-order valence-electron chi connectivity index (χ2n) is 9.41. The SMILES string of the molecule is Cc1nc(-c2ccc(OC(F)(F)F)cc2)c(-c2cc(-c3cnc(CO)c(S(C)(=O)=O)c3)ccc2N=CC(Cl)C(=N)C(F)(F)F)o1. The summed E-state index contributed by atoms with van der Waals surface area (Å²) in [4.78, 5) is 12.2. The van der Waals surface area contributed by atoms with E-state index in [1.165, 1.54) is 49.5 Å². The molecule has 4 rings (SSSR count). The second-order valence-corrected chi connectivity index (χ2v) is 11.9. The van der Waals surface area contributed by atoms with Crippen molar-refractivity contribution in [2.75, 3.05) is 6.26 Å². The molecule has 0 saturated heterocycles. The van der Waals surface area contributed by atoms with E-state index in [9.17, 15) is 39.9 Å². The summed E-state index contributed by atoms with van der Waals surface area (Å²) in [5.41, 5.74) is -0.729. The van der Waals surface area contributed by atoms with Gasteiger partial charge in [0.2, 0.25) is 0 Å². The third-order valence-electron chi connectivity index (χ3n) is 6.08. The van der Waals surface area contributed by atoms with E-state index in [0.29, 0.717) is 11.8 Å². The van der Waals surface area contributed by atoms with Gasteiger partial charge < -0.3 is 14.3 Å². The molecule has 0 aliphatic heterocycles. The van der Waals surface area contributed by atoms with Crippen molar-refractivity contribution in [3.63, 3.8) is 0 Å². The zero-order chi connectivity index (χ0) is 33.3. The van der Waals surface area contributed by atoms with E-state index in [1.807, 2.05) is 0 Å². The molecule has 0 fully saturated rings. The van der Waals surface area contributed by atoms with Gasteiger partial charge in [-0.15, -0.1) is 24.8 Å². The van der Waals surface area contributed by atoms with Crippen LogP contribution in [0.3, 0.4) is 0 Å². The molecule has 0 bridgehead atoms. The summed E-state index contributed by atoms with van der Waals surface area (Å²) in [6.45, 7) is 0.831. The van der Waals surface area contributed by atoms with Crippen molar-refractivity contribution in [3.05, 3.63) is 66.3 Å². The van der Waals surface area contributed by atoms with Crippen LogP contribution in [0.2, 0.25) is 0 Å². The Hall–Kier alpha value is -4.28. The Kier molecular flexibility index (Phi) is 9.42. The van der Waals surface area contributed by atoms with E-state index < -0.39 is 45.8 Å². The van der Waals surface area contributed by atoms with Gasteiger partial charge in [-0.1, -0.05) is 6.07 Å². The number of aliphatic hydroxyl groups is 1. The largest absolute Gasteiger partial charge is 0.573 e. The fraction of sp³-hybridized carbons (Fsp3) is 0.214. The molecule has 1 unspecified atom stereocenters. The molecule has 0 amide bonds. The van der Waals surface area contributed by atoms with E-state index in [1.54, 1.807) is 0 Å². The molecule has 2 aromatic heterocycles. The van der Waals surface area contributed by atoms with Crippen LogP contribution >= 0.6 is 11.6 Å². The summed E-state index contributed by atoms with van der Waals surface area (Å²) in [7, 11) is -3.82. The molecular formula is C28H21ClF6N4O5S. The lowest BCUT2D eigenvalue weighted by molar-refractivity contribution is -0.274. The van der Waals surface area contributed by atoms with Gasteiger partial charge in [0.15, 0.2) is 21.5 Å². The Morgan fingerprint density at radius 2 is 1.73 bits per heavy atom. The number of ether oxygens (including phenoxy) is 1. The number of hydrogen-bond donors (Lipinski definition) is 2. The molecule has 0 saturated carbocycles. The molecule has 238 valence electrons. The minimum absolute atomic E-state index is 0.00271. The number of benzene rings is 2. The zero-order valence-electron chi connectivity index (χ0n) is 23.0. The van der Waals surface area contributed by atoms with Gasteiger partial charge in [0, 0.05) is 42.3 Å². The number of nitrogens with zero attached hydrogens (tertiary/aromatic N) is 3. The first-order valence-electron chi connectivity index (χ1n) is 12.5. The fourth-order valence-corrected chi connectivity index (χ4v) is 5.14. The third kappa shape index (κ3) is 8.06. The van der Waals surface area contributed by atoms with E-state index in [2.05, 4.69) is 19.7 Å². The van der Waals surface area contributed by atoms with Crippen LogP contribution in [0.15, 0.2) is 69.0 Å². The monoisotopic (exact) mass is 674 g/mol. The van der Waals surface area contributed by atoms with Crippen molar-refractivity contribution in [2.45, 2.75) is 36.3 Å². The Balaban J connectivity index is 1.89. The van der Waals surface area contributed by atoms with Gasteiger partial charge in [-0.05, 0) is 48.0 Å². The Morgan fingerprint density at radius 1 is 1.09 bits per heavy atom. The second kappa shape index (κ2) is 12.6. The van der Waals surface area contributed by atoms with Crippen LogP contribution < -0.4 is 4.74 Å². The summed E-state index contributed by atoms with van der Waals surface area (Å²) >= 11 is 5.76. The number of nitrogens with one attached hydrogen (secondary N) is 1. The van der Waals surface area contributed by atoms with Gasteiger partial charge in [0.25, 0.3) is 0 Å². The van der Waals surface area contributed by atoms with Gasteiger partial charge in [-0.3, -0.25) is 15.4 Å². The first kappa shape index (κ1) is 33.6. The smallest absolute Gasteiger partial charge is 0.440 e. The first-order chi connectivity index (χ1) is 20.9. The Morgan fingerprint density at radius 3 is 2.31 bits per heavy atom. The lowest BCUT2D eigenvalue weighted by atomic mass is 9.99. The molecule has 1 atom stereocenters. The van der Waals surface area contributed by atoms with Gasteiger partial charge in [-0.2, -0.15) is 13.2 Å². The van der Waals surface area contributed by atoms with Crippen LogP contribution in [0, 0.1) is 12.3 Å². The molecule has 45 heavy (non-hydrogen) atoms. The van der Waals surface area contributed by atoms with Gasteiger partial charge in [-0.25, -0.2) is 13.4 Å². The standard InChI is InChI=1S/C28H21ClF6N4O5S/c1-14-39-24(15-3-6-18(7-4-15)44-28(33,34)35)25(43-14)19-9-16(17-10-23(45(2,41)42)22(13-40)37-11-17)5-8-21(19)38-12-20(29)26(36)27(30,31)32/h3-12,20,36,40H,13H2,1-2H3. The topological polar surface area (TPSA) is 139 Å². The molecule has 2 heterocycles. The number of aryl methyl sites for hydroxylation is 1. The van der Waals surface area contributed by atoms with Gasteiger partial charge in [0.05, 0.1) is 22.9 Å². The van der Waals surface area contributed by atoms with E-state index in [4.69, 9.17) is 21.4 Å². The minimum atomic E-state index is -5.01. The van der Waals surface area contributed by atoms with Crippen molar-refractivity contribution in [3.8, 4) is 39.5 Å². The number of hydrogen-bond acceptors (Lipinski definition) is 9. The summed E-state index contributed by atoms with van der Waals surface area (Å²) in [5, 5.41) is 14.9. The van der Waals surface area contributed by atoms with Crippen LogP contribution in [0.5, 0.6) is 5.75 Å². The van der Waals surface area contributed by atoms with Crippen molar-refractivity contribution < 1.29 is 49.0 Å². The molecule has 2 aromatic carbocycles. The van der Waals surface area contributed by atoms with E-state index >= 15 is 0 Å². The van der Waals surface area contributed by atoms with E-state index in [0.717, 1.165) is 18.4 Å². The fourth-order valence-electron chi connectivity index (χ4n) is 4.08. The molecule has 0 aliphatic rings. The molecule has 9 nitrogen and oxygen atoms in total. The van der Waals surface area contributed by atoms with E-state index in [-0.39, 0.29) is 50.3 Å². The number of aliphatic hydroxyl groups excluding tert-OH is 1. The highest BCUT2D eigenvalue weighted by Gasteiger charge is 2.38. The molecular weight excluding hydrogens is 654 g/mol. The maximum atomic E-state index is 13.0. The predicted molar refractivity (Wildman–Crippen MR) is 153 cm³/mol. The number of halogens is 7. The van der Waals surface area contributed by atoms with Gasteiger partial charge in [0.1, 0.15) is 22.5 Å². The highest BCUT2D eigenvalue weighted by atomic mass is 35.5. The molecule has 4 aromatic rings. The van der Waals surface area contributed by atoms with Gasteiger partial charge >= 0.3 is 12.5 Å². The summed E-state index contributed by atoms with van der Waals surface area (Å²) in [6.07, 6.45) is -7.00.